The number of nitrogens with two attached hydrogens (primary N) is 1. The van der Waals surface area contributed by atoms with Gasteiger partial charge in [0.05, 0.1) is 0 Å². The standard InChI is InChI=1S/C19H20N2O4/c1-12-5-3-6-14(9-12)10-17(18(20)23)21-19(24)15-7-4-8-16(11-15)25-13(2)22/h3-9,11,17H,10H2,1-2H3,(H2,20,23)(H,21,24)/t17-/m1/s1. The lowest BCUT2D eigenvalue weighted by Gasteiger charge is -2.16. The van der Waals surface area contributed by atoms with Gasteiger partial charge in [-0.25, -0.2) is 0 Å². The summed E-state index contributed by atoms with van der Waals surface area (Å²) >= 11 is 0. The van der Waals surface area contributed by atoms with E-state index in [4.69, 9.17) is 10.5 Å². The first-order chi connectivity index (χ1) is 11.8. The van der Waals surface area contributed by atoms with Crippen molar-refractivity contribution in [3.05, 3.63) is 65.2 Å². The average Bonchev–Trinajstić information content (AvgIpc) is 2.53. The summed E-state index contributed by atoms with van der Waals surface area (Å²) in [4.78, 5) is 35.1. The second-order valence-corrected chi connectivity index (χ2v) is 5.74. The number of aryl methyl sites for hydroxylation is 1. The van der Waals surface area contributed by atoms with Crippen molar-refractivity contribution in [2.24, 2.45) is 5.73 Å². The molecule has 130 valence electrons. The van der Waals surface area contributed by atoms with Gasteiger partial charge in [0.15, 0.2) is 0 Å². The molecule has 0 heterocycles. The SMILES string of the molecule is CC(=O)Oc1cccc(C(=O)N[C@H](Cc2cccc(C)c2)C(N)=O)c1. The second kappa shape index (κ2) is 8.10. The molecule has 6 nitrogen and oxygen atoms in total. The number of carbonyl (C=O) groups excluding carboxylic acids is 3. The van der Waals surface area contributed by atoms with Crippen molar-refractivity contribution < 1.29 is 19.1 Å². The number of hydrogen-bond acceptors (Lipinski definition) is 4. The van der Waals surface area contributed by atoms with E-state index in [1.807, 2.05) is 31.2 Å². The largest absolute Gasteiger partial charge is 0.427 e. The van der Waals surface area contributed by atoms with Crippen LogP contribution >= 0.6 is 0 Å². The number of ether oxygens (including phenoxy) is 1. The Kier molecular flexibility index (Phi) is 5.89. The minimum absolute atomic E-state index is 0.259. The molecular formula is C19H20N2O4. The fraction of sp³-hybridized carbons (Fsp3) is 0.211. The molecule has 2 amide bonds. The zero-order chi connectivity index (χ0) is 18.4. The summed E-state index contributed by atoms with van der Waals surface area (Å²) in [6, 6.07) is 12.9. The fourth-order valence-electron chi connectivity index (χ4n) is 2.41. The van der Waals surface area contributed by atoms with E-state index in [2.05, 4.69) is 5.32 Å². The average molecular weight is 340 g/mol. The molecule has 0 aliphatic heterocycles. The molecule has 0 spiro atoms. The van der Waals surface area contributed by atoms with E-state index in [0.717, 1.165) is 11.1 Å². The van der Waals surface area contributed by atoms with Crippen molar-refractivity contribution in [2.45, 2.75) is 26.3 Å². The Bertz CT molecular complexity index is 802. The summed E-state index contributed by atoms with van der Waals surface area (Å²) in [6.07, 6.45) is 0.298. The highest BCUT2D eigenvalue weighted by Gasteiger charge is 2.20. The van der Waals surface area contributed by atoms with Gasteiger partial charge in [-0.15, -0.1) is 0 Å². The zero-order valence-electron chi connectivity index (χ0n) is 14.1. The van der Waals surface area contributed by atoms with Crippen LogP contribution in [0.3, 0.4) is 0 Å². The van der Waals surface area contributed by atoms with Gasteiger partial charge in [-0.3, -0.25) is 14.4 Å². The molecule has 0 saturated carbocycles. The Morgan fingerprint density at radius 2 is 1.84 bits per heavy atom. The van der Waals surface area contributed by atoms with Crippen LogP contribution in [0.2, 0.25) is 0 Å². The summed E-state index contributed by atoms with van der Waals surface area (Å²) in [7, 11) is 0. The van der Waals surface area contributed by atoms with E-state index in [9.17, 15) is 14.4 Å². The van der Waals surface area contributed by atoms with E-state index in [0.29, 0.717) is 6.42 Å². The minimum Gasteiger partial charge on any atom is -0.427 e. The van der Waals surface area contributed by atoms with Gasteiger partial charge in [-0.1, -0.05) is 35.9 Å². The maximum absolute atomic E-state index is 12.4. The molecule has 0 saturated heterocycles. The molecule has 6 heteroatoms. The van der Waals surface area contributed by atoms with Crippen LogP contribution in [0, 0.1) is 6.92 Å². The molecule has 2 rings (SSSR count). The fourth-order valence-corrected chi connectivity index (χ4v) is 2.41. The summed E-state index contributed by atoms with van der Waals surface area (Å²) in [5, 5.41) is 2.63. The predicted octanol–water partition coefficient (Wildman–Crippen LogP) is 1.75. The van der Waals surface area contributed by atoms with Gasteiger partial charge >= 0.3 is 5.97 Å². The number of esters is 1. The lowest BCUT2D eigenvalue weighted by Crippen LogP contribution is -2.45. The molecule has 0 aliphatic rings. The third-order valence-electron chi connectivity index (χ3n) is 3.53. The second-order valence-electron chi connectivity index (χ2n) is 5.74. The Morgan fingerprint density at radius 1 is 1.12 bits per heavy atom. The number of benzene rings is 2. The summed E-state index contributed by atoms with van der Waals surface area (Å²) in [6.45, 7) is 3.22. The van der Waals surface area contributed by atoms with Crippen LogP contribution in [0.15, 0.2) is 48.5 Å². The van der Waals surface area contributed by atoms with Crippen molar-refractivity contribution >= 4 is 17.8 Å². The number of amides is 2. The molecule has 2 aromatic rings. The Labute approximate surface area is 146 Å². The minimum atomic E-state index is -0.841. The number of carbonyl (C=O) groups is 3. The van der Waals surface area contributed by atoms with Crippen LogP contribution in [-0.2, 0) is 16.0 Å². The van der Waals surface area contributed by atoms with Crippen molar-refractivity contribution in [2.75, 3.05) is 0 Å². The lowest BCUT2D eigenvalue weighted by molar-refractivity contribution is -0.131. The molecule has 0 aromatic heterocycles. The molecule has 0 aliphatic carbocycles. The van der Waals surface area contributed by atoms with Crippen LogP contribution in [0.4, 0.5) is 0 Å². The van der Waals surface area contributed by atoms with Gasteiger partial charge in [-0.2, -0.15) is 0 Å². The Morgan fingerprint density at radius 3 is 2.48 bits per heavy atom. The van der Waals surface area contributed by atoms with Crippen molar-refractivity contribution in [3.63, 3.8) is 0 Å². The molecule has 0 unspecified atom stereocenters. The van der Waals surface area contributed by atoms with E-state index in [1.54, 1.807) is 18.2 Å². The maximum Gasteiger partial charge on any atom is 0.308 e. The van der Waals surface area contributed by atoms with Crippen LogP contribution in [-0.4, -0.2) is 23.8 Å². The normalized spacial score (nSPS) is 11.4. The summed E-state index contributed by atoms with van der Waals surface area (Å²) < 4.78 is 4.96. The van der Waals surface area contributed by atoms with E-state index in [1.165, 1.54) is 13.0 Å². The maximum atomic E-state index is 12.4. The van der Waals surface area contributed by atoms with E-state index < -0.39 is 23.8 Å². The first-order valence-corrected chi connectivity index (χ1v) is 7.79. The first kappa shape index (κ1) is 18.2. The highest BCUT2D eigenvalue weighted by Crippen LogP contribution is 2.14. The van der Waals surface area contributed by atoms with Gasteiger partial charge < -0.3 is 15.8 Å². The molecule has 3 N–H and O–H groups in total. The number of rotatable bonds is 6. The van der Waals surface area contributed by atoms with Gasteiger partial charge in [0, 0.05) is 18.9 Å². The molecule has 0 bridgehead atoms. The molecular weight excluding hydrogens is 320 g/mol. The quantitative estimate of drug-likeness (QED) is 0.618. The molecule has 0 fully saturated rings. The molecule has 25 heavy (non-hydrogen) atoms. The van der Waals surface area contributed by atoms with Crippen LogP contribution in [0.25, 0.3) is 0 Å². The van der Waals surface area contributed by atoms with Gasteiger partial charge in [0.25, 0.3) is 5.91 Å². The number of nitrogens with one attached hydrogen (secondary N) is 1. The topological polar surface area (TPSA) is 98.5 Å². The number of primary amides is 1. The highest BCUT2D eigenvalue weighted by atomic mass is 16.5. The molecule has 2 aromatic carbocycles. The Hall–Kier alpha value is -3.15. The summed E-state index contributed by atoms with van der Waals surface area (Å²) in [5.74, 6) is -1.31. The van der Waals surface area contributed by atoms with Crippen LogP contribution < -0.4 is 15.8 Å². The lowest BCUT2D eigenvalue weighted by atomic mass is 10.0. The van der Waals surface area contributed by atoms with Crippen molar-refractivity contribution in [1.29, 1.82) is 0 Å². The molecule has 0 radical (unpaired) electrons. The van der Waals surface area contributed by atoms with Gasteiger partial charge in [-0.05, 0) is 30.7 Å². The van der Waals surface area contributed by atoms with Crippen molar-refractivity contribution in [1.82, 2.24) is 5.32 Å². The third kappa shape index (κ3) is 5.46. The third-order valence-corrected chi connectivity index (χ3v) is 3.53. The van der Waals surface area contributed by atoms with E-state index in [-0.39, 0.29) is 11.3 Å². The molecule has 1 atom stereocenters. The van der Waals surface area contributed by atoms with Gasteiger partial charge in [0.1, 0.15) is 11.8 Å². The van der Waals surface area contributed by atoms with Crippen LogP contribution in [0.1, 0.15) is 28.4 Å². The predicted molar refractivity (Wildman–Crippen MR) is 93.1 cm³/mol. The summed E-state index contributed by atoms with van der Waals surface area (Å²) in [5.41, 5.74) is 7.65. The first-order valence-electron chi connectivity index (χ1n) is 7.79. The monoisotopic (exact) mass is 340 g/mol. The zero-order valence-corrected chi connectivity index (χ0v) is 14.1. The highest BCUT2D eigenvalue weighted by molar-refractivity contribution is 5.97. The number of hydrogen-bond donors (Lipinski definition) is 2. The van der Waals surface area contributed by atoms with Crippen molar-refractivity contribution in [3.8, 4) is 5.75 Å². The smallest absolute Gasteiger partial charge is 0.308 e. The van der Waals surface area contributed by atoms with Gasteiger partial charge in [0.2, 0.25) is 5.91 Å². The van der Waals surface area contributed by atoms with Crippen LogP contribution in [0.5, 0.6) is 5.75 Å². The Balaban J connectivity index is 2.12. The van der Waals surface area contributed by atoms with E-state index >= 15 is 0 Å².